The fourth-order valence-corrected chi connectivity index (χ4v) is 3.54. The van der Waals surface area contributed by atoms with Crippen molar-refractivity contribution in [1.29, 1.82) is 0 Å². The molecule has 0 spiro atoms. The molecule has 5 nitrogen and oxygen atoms in total. The number of para-hydroxylation sites is 1. The van der Waals surface area contributed by atoms with E-state index < -0.39 is 0 Å². The van der Waals surface area contributed by atoms with Crippen molar-refractivity contribution in [3.05, 3.63) is 65.0 Å². The maximum absolute atomic E-state index is 12.6. The summed E-state index contributed by atoms with van der Waals surface area (Å²) in [6.45, 7) is 6.67. The lowest BCUT2D eigenvalue weighted by molar-refractivity contribution is -0.117. The van der Waals surface area contributed by atoms with Gasteiger partial charge < -0.3 is 9.42 Å². The van der Waals surface area contributed by atoms with Crippen LogP contribution in [0.5, 0.6) is 0 Å². The number of hydrogen-bond acceptors (Lipinski definition) is 4. The van der Waals surface area contributed by atoms with Gasteiger partial charge >= 0.3 is 0 Å². The zero-order chi connectivity index (χ0) is 18.3. The second-order valence-corrected chi connectivity index (χ2v) is 6.97. The monoisotopic (exact) mass is 347 g/mol. The first-order valence-corrected chi connectivity index (χ1v) is 8.80. The van der Waals surface area contributed by atoms with Gasteiger partial charge in [0.2, 0.25) is 17.6 Å². The molecule has 0 bridgehead atoms. The van der Waals surface area contributed by atoms with E-state index in [0.29, 0.717) is 24.7 Å². The fourth-order valence-electron chi connectivity index (χ4n) is 3.54. The highest BCUT2D eigenvalue weighted by Crippen LogP contribution is 2.35. The summed E-state index contributed by atoms with van der Waals surface area (Å²) in [5, 5.41) is 4.10. The van der Waals surface area contributed by atoms with Crippen LogP contribution >= 0.6 is 0 Å². The van der Waals surface area contributed by atoms with E-state index in [9.17, 15) is 4.79 Å². The number of aryl methyl sites for hydroxylation is 3. The molecule has 5 heteroatoms. The SMILES string of the molecule is Cc1ccc(-c2noc(C3CC(=O)N(c4c(C)cccc4C)C3)n2)cc1. The number of benzene rings is 2. The Morgan fingerprint density at radius 1 is 1.04 bits per heavy atom. The maximum Gasteiger partial charge on any atom is 0.232 e. The van der Waals surface area contributed by atoms with Crippen LogP contribution in [0.1, 0.15) is 34.9 Å². The standard InChI is InChI=1S/C21H21N3O2/c1-13-7-9-16(10-8-13)20-22-21(26-23-20)17-11-18(25)24(12-17)19-14(2)5-4-6-15(19)3/h4-10,17H,11-12H2,1-3H3. The molecular formula is C21H21N3O2. The third-order valence-electron chi connectivity index (χ3n) is 4.94. The predicted octanol–water partition coefficient (Wildman–Crippen LogP) is 4.18. The number of anilines is 1. The van der Waals surface area contributed by atoms with E-state index >= 15 is 0 Å². The van der Waals surface area contributed by atoms with Gasteiger partial charge in [-0.3, -0.25) is 4.79 Å². The Morgan fingerprint density at radius 2 is 1.73 bits per heavy atom. The van der Waals surface area contributed by atoms with Gasteiger partial charge in [-0.05, 0) is 31.9 Å². The van der Waals surface area contributed by atoms with Crippen LogP contribution in [0, 0.1) is 20.8 Å². The normalized spacial score (nSPS) is 17.1. The molecule has 3 aromatic rings. The van der Waals surface area contributed by atoms with Crippen LogP contribution < -0.4 is 4.90 Å². The third kappa shape index (κ3) is 2.90. The number of amides is 1. The Kier molecular flexibility index (Phi) is 4.07. The van der Waals surface area contributed by atoms with Crippen LogP contribution in [0.4, 0.5) is 5.69 Å². The summed E-state index contributed by atoms with van der Waals surface area (Å²) in [6, 6.07) is 14.1. The molecule has 1 aliphatic heterocycles. The van der Waals surface area contributed by atoms with Crippen LogP contribution in [0.15, 0.2) is 47.0 Å². The molecule has 0 radical (unpaired) electrons. The van der Waals surface area contributed by atoms with Gasteiger partial charge in [0, 0.05) is 24.2 Å². The molecule has 2 heterocycles. The average Bonchev–Trinajstić information content (AvgIpc) is 3.23. The Hall–Kier alpha value is -2.95. The number of nitrogens with zero attached hydrogens (tertiary/aromatic N) is 3. The molecule has 1 aromatic heterocycles. The predicted molar refractivity (Wildman–Crippen MR) is 100 cm³/mol. The van der Waals surface area contributed by atoms with Crippen LogP contribution in [0.3, 0.4) is 0 Å². The summed E-state index contributed by atoms with van der Waals surface area (Å²) in [5.74, 6) is 1.12. The zero-order valence-electron chi connectivity index (χ0n) is 15.2. The lowest BCUT2D eigenvalue weighted by atomic mass is 10.1. The molecule has 0 N–H and O–H groups in total. The van der Waals surface area contributed by atoms with Crippen LogP contribution in [-0.4, -0.2) is 22.6 Å². The van der Waals surface area contributed by atoms with E-state index in [1.165, 1.54) is 5.56 Å². The highest BCUT2D eigenvalue weighted by Gasteiger charge is 2.36. The van der Waals surface area contributed by atoms with E-state index in [1.807, 2.05) is 68.1 Å². The molecule has 4 rings (SSSR count). The van der Waals surface area contributed by atoms with Crippen molar-refractivity contribution < 1.29 is 9.32 Å². The van der Waals surface area contributed by atoms with Gasteiger partial charge in [-0.1, -0.05) is 53.2 Å². The summed E-state index contributed by atoms with van der Waals surface area (Å²) in [5.41, 5.74) is 5.30. The van der Waals surface area contributed by atoms with E-state index in [2.05, 4.69) is 10.1 Å². The van der Waals surface area contributed by atoms with Crippen LogP contribution in [-0.2, 0) is 4.79 Å². The molecule has 1 unspecified atom stereocenters. The highest BCUT2D eigenvalue weighted by atomic mass is 16.5. The minimum atomic E-state index is -0.0757. The molecule has 26 heavy (non-hydrogen) atoms. The second-order valence-electron chi connectivity index (χ2n) is 6.97. The van der Waals surface area contributed by atoms with Crippen molar-refractivity contribution in [2.24, 2.45) is 0 Å². The second kappa shape index (κ2) is 6.41. The summed E-state index contributed by atoms with van der Waals surface area (Å²) in [6.07, 6.45) is 0.392. The topological polar surface area (TPSA) is 59.2 Å². The van der Waals surface area contributed by atoms with Crippen molar-refractivity contribution in [3.63, 3.8) is 0 Å². The molecule has 0 aliphatic carbocycles. The molecule has 1 saturated heterocycles. The van der Waals surface area contributed by atoms with Gasteiger partial charge in [0.05, 0.1) is 5.92 Å². The average molecular weight is 347 g/mol. The number of carbonyl (C=O) groups excluding carboxylic acids is 1. The van der Waals surface area contributed by atoms with Gasteiger partial charge in [-0.25, -0.2) is 0 Å². The Morgan fingerprint density at radius 3 is 2.42 bits per heavy atom. The Balaban J connectivity index is 1.59. The summed E-state index contributed by atoms with van der Waals surface area (Å²) in [7, 11) is 0. The molecule has 132 valence electrons. The third-order valence-corrected chi connectivity index (χ3v) is 4.94. The number of aromatic nitrogens is 2. The van der Waals surface area contributed by atoms with Gasteiger partial charge in [-0.2, -0.15) is 4.98 Å². The van der Waals surface area contributed by atoms with Crippen molar-refractivity contribution in [1.82, 2.24) is 10.1 Å². The van der Waals surface area contributed by atoms with Crippen LogP contribution in [0.25, 0.3) is 11.4 Å². The van der Waals surface area contributed by atoms with Gasteiger partial charge in [-0.15, -0.1) is 0 Å². The largest absolute Gasteiger partial charge is 0.339 e. The first-order chi connectivity index (χ1) is 12.5. The molecule has 1 amide bonds. The molecule has 2 aromatic carbocycles. The van der Waals surface area contributed by atoms with E-state index in [-0.39, 0.29) is 11.8 Å². The Labute approximate surface area is 152 Å². The highest BCUT2D eigenvalue weighted by molar-refractivity contribution is 5.97. The van der Waals surface area contributed by atoms with Gasteiger partial charge in [0.25, 0.3) is 0 Å². The van der Waals surface area contributed by atoms with Crippen molar-refractivity contribution in [3.8, 4) is 11.4 Å². The van der Waals surface area contributed by atoms with Crippen molar-refractivity contribution in [2.45, 2.75) is 33.1 Å². The number of rotatable bonds is 3. The minimum Gasteiger partial charge on any atom is -0.339 e. The van der Waals surface area contributed by atoms with E-state index in [1.54, 1.807) is 0 Å². The fraction of sp³-hybridized carbons (Fsp3) is 0.286. The summed E-state index contributed by atoms with van der Waals surface area (Å²) < 4.78 is 5.49. The maximum atomic E-state index is 12.6. The Bertz CT molecular complexity index is 939. The van der Waals surface area contributed by atoms with E-state index in [0.717, 1.165) is 22.4 Å². The lowest BCUT2D eigenvalue weighted by Gasteiger charge is -2.21. The van der Waals surface area contributed by atoms with Crippen molar-refractivity contribution >= 4 is 11.6 Å². The lowest BCUT2D eigenvalue weighted by Crippen LogP contribution is -2.26. The van der Waals surface area contributed by atoms with Crippen LogP contribution in [0.2, 0.25) is 0 Å². The summed E-state index contributed by atoms with van der Waals surface area (Å²) >= 11 is 0. The first kappa shape index (κ1) is 16.5. The molecule has 1 atom stereocenters. The molecule has 1 fully saturated rings. The zero-order valence-corrected chi connectivity index (χ0v) is 15.2. The first-order valence-electron chi connectivity index (χ1n) is 8.80. The quantitative estimate of drug-likeness (QED) is 0.713. The molecule has 0 saturated carbocycles. The van der Waals surface area contributed by atoms with E-state index in [4.69, 9.17) is 4.52 Å². The molecular weight excluding hydrogens is 326 g/mol. The molecule has 1 aliphatic rings. The van der Waals surface area contributed by atoms with Crippen molar-refractivity contribution in [2.75, 3.05) is 11.4 Å². The smallest absolute Gasteiger partial charge is 0.232 e. The number of hydrogen-bond donors (Lipinski definition) is 0. The number of carbonyl (C=O) groups is 1. The minimum absolute atomic E-state index is 0.0757. The summed E-state index contributed by atoms with van der Waals surface area (Å²) in [4.78, 5) is 19.0. The van der Waals surface area contributed by atoms with Gasteiger partial charge in [0.1, 0.15) is 0 Å². The van der Waals surface area contributed by atoms with Gasteiger partial charge in [0.15, 0.2) is 0 Å².